The summed E-state index contributed by atoms with van der Waals surface area (Å²) in [5.41, 5.74) is 1.07. The molecule has 8 nitrogen and oxygen atoms in total. The molecule has 2 aromatic rings. The van der Waals surface area contributed by atoms with Crippen LogP contribution in [0, 0.1) is 0 Å². The Bertz CT molecular complexity index is 664. The highest BCUT2D eigenvalue weighted by atomic mass is 16.5. The Labute approximate surface area is 133 Å². The number of amides is 1. The summed E-state index contributed by atoms with van der Waals surface area (Å²) in [6, 6.07) is 0.376. The van der Waals surface area contributed by atoms with Crippen LogP contribution < -0.4 is 5.32 Å². The molecule has 0 radical (unpaired) electrons. The van der Waals surface area contributed by atoms with Crippen LogP contribution in [0.1, 0.15) is 53.8 Å². The van der Waals surface area contributed by atoms with E-state index in [2.05, 4.69) is 25.5 Å². The van der Waals surface area contributed by atoms with Crippen LogP contribution >= 0.6 is 0 Å². The summed E-state index contributed by atoms with van der Waals surface area (Å²) in [4.78, 5) is 18.6. The van der Waals surface area contributed by atoms with Gasteiger partial charge < -0.3 is 14.4 Å². The molecule has 122 valence electrons. The molecular weight excluding hydrogens is 298 g/mol. The smallest absolute Gasteiger partial charge is 0.292 e. The molecule has 2 aromatic heterocycles. The van der Waals surface area contributed by atoms with Crippen molar-refractivity contribution in [1.29, 1.82) is 0 Å². The molecule has 0 aromatic carbocycles. The highest BCUT2D eigenvalue weighted by molar-refractivity contribution is 5.90. The first kappa shape index (κ1) is 14.4. The maximum absolute atomic E-state index is 12.0. The summed E-state index contributed by atoms with van der Waals surface area (Å²) in [6.07, 6.45) is 8.39. The Balaban J connectivity index is 1.39. The van der Waals surface area contributed by atoms with Gasteiger partial charge in [0.25, 0.3) is 11.7 Å². The van der Waals surface area contributed by atoms with Gasteiger partial charge in [-0.3, -0.25) is 9.69 Å². The zero-order valence-electron chi connectivity index (χ0n) is 12.8. The van der Waals surface area contributed by atoms with Gasteiger partial charge in [-0.05, 0) is 38.6 Å². The number of hydrogen-bond acceptors (Lipinski definition) is 7. The van der Waals surface area contributed by atoms with Crippen LogP contribution in [0.3, 0.4) is 0 Å². The lowest BCUT2D eigenvalue weighted by Gasteiger charge is -2.20. The largest absolute Gasteiger partial charge is 0.364 e. The number of carbonyl (C=O) groups excluding carboxylic acids is 1. The van der Waals surface area contributed by atoms with Crippen molar-refractivity contribution in [2.45, 2.75) is 44.2 Å². The van der Waals surface area contributed by atoms with Crippen LogP contribution in [0.15, 0.2) is 21.5 Å². The van der Waals surface area contributed by atoms with Crippen molar-refractivity contribution >= 4 is 5.91 Å². The van der Waals surface area contributed by atoms with Gasteiger partial charge in [0.15, 0.2) is 0 Å². The lowest BCUT2D eigenvalue weighted by atomic mass is 10.2. The number of rotatable bonds is 6. The molecule has 2 aliphatic rings. The number of aromatic nitrogens is 3. The van der Waals surface area contributed by atoms with E-state index in [1.165, 1.54) is 0 Å². The average molecular weight is 317 g/mol. The summed E-state index contributed by atoms with van der Waals surface area (Å²) >= 11 is 0. The Morgan fingerprint density at radius 3 is 3.09 bits per heavy atom. The molecule has 4 rings (SSSR count). The number of nitrogens with one attached hydrogen (secondary N) is 1. The Hall–Kier alpha value is -2.22. The molecule has 3 heterocycles. The quantitative estimate of drug-likeness (QED) is 0.858. The molecule has 2 fully saturated rings. The molecule has 23 heavy (non-hydrogen) atoms. The third-order valence-corrected chi connectivity index (χ3v) is 4.38. The number of carbonyl (C=O) groups is 1. The Morgan fingerprint density at radius 1 is 1.39 bits per heavy atom. The van der Waals surface area contributed by atoms with E-state index in [0.717, 1.165) is 50.8 Å². The van der Waals surface area contributed by atoms with Crippen molar-refractivity contribution in [1.82, 2.24) is 25.5 Å². The number of hydrogen-bond donors (Lipinski definition) is 1. The van der Waals surface area contributed by atoms with Gasteiger partial charge in [-0.2, -0.15) is 4.98 Å². The second kappa shape index (κ2) is 6.11. The lowest BCUT2D eigenvalue weighted by molar-refractivity contribution is 0.0937. The van der Waals surface area contributed by atoms with Gasteiger partial charge in [-0.25, -0.2) is 0 Å². The molecule has 1 saturated heterocycles. The maximum atomic E-state index is 12.0. The third kappa shape index (κ3) is 3.26. The Kier molecular flexibility index (Phi) is 3.82. The second-order valence-corrected chi connectivity index (χ2v) is 6.18. The normalized spacial score (nSPS) is 21.7. The molecule has 1 atom stereocenters. The second-order valence-electron chi connectivity index (χ2n) is 6.18. The van der Waals surface area contributed by atoms with E-state index in [4.69, 9.17) is 9.05 Å². The van der Waals surface area contributed by atoms with E-state index in [-0.39, 0.29) is 23.8 Å². The number of likely N-dealkylation sites (tertiary alicyclic amines) is 1. The van der Waals surface area contributed by atoms with Crippen molar-refractivity contribution < 1.29 is 13.8 Å². The zero-order valence-corrected chi connectivity index (χ0v) is 12.8. The molecule has 1 saturated carbocycles. The fourth-order valence-electron chi connectivity index (χ4n) is 2.94. The molecular formula is C15H19N5O3. The average Bonchev–Trinajstić information content (AvgIpc) is 3.05. The minimum absolute atomic E-state index is 0.0878. The first-order valence-electron chi connectivity index (χ1n) is 8.06. The molecule has 1 amide bonds. The first-order chi connectivity index (χ1) is 11.3. The van der Waals surface area contributed by atoms with Gasteiger partial charge in [0.1, 0.15) is 6.26 Å². The number of nitrogens with zero attached hydrogens (tertiary/aromatic N) is 4. The summed E-state index contributed by atoms with van der Waals surface area (Å²) in [6.45, 7) is 1.86. The van der Waals surface area contributed by atoms with Crippen molar-refractivity contribution in [2.24, 2.45) is 0 Å². The summed E-state index contributed by atoms with van der Waals surface area (Å²) in [7, 11) is 0. The third-order valence-electron chi connectivity index (χ3n) is 4.38. The predicted octanol–water partition coefficient (Wildman–Crippen LogP) is 1.33. The van der Waals surface area contributed by atoms with Gasteiger partial charge in [0, 0.05) is 18.2 Å². The monoisotopic (exact) mass is 317 g/mol. The van der Waals surface area contributed by atoms with Gasteiger partial charge in [0.05, 0.1) is 12.2 Å². The minimum atomic E-state index is -0.239. The molecule has 1 unspecified atom stereocenters. The van der Waals surface area contributed by atoms with Crippen LogP contribution in [0.2, 0.25) is 0 Å². The summed E-state index contributed by atoms with van der Waals surface area (Å²) in [5.74, 6) is 0.433. The molecule has 8 heteroatoms. The van der Waals surface area contributed by atoms with Gasteiger partial charge in [0.2, 0.25) is 5.89 Å². The van der Waals surface area contributed by atoms with Crippen molar-refractivity contribution in [3.8, 4) is 0 Å². The summed E-state index contributed by atoms with van der Waals surface area (Å²) in [5, 5.41) is 10.4. The fraction of sp³-hybridized carbons (Fsp3) is 0.600. The topological polar surface area (TPSA) is 97.3 Å². The van der Waals surface area contributed by atoms with Crippen LogP contribution in [-0.2, 0) is 6.42 Å². The van der Waals surface area contributed by atoms with Crippen molar-refractivity contribution in [3.63, 3.8) is 0 Å². The molecule has 1 aliphatic heterocycles. The van der Waals surface area contributed by atoms with E-state index in [1.54, 1.807) is 12.5 Å². The highest BCUT2D eigenvalue weighted by Crippen LogP contribution is 2.31. The Morgan fingerprint density at radius 2 is 2.30 bits per heavy atom. The zero-order chi connectivity index (χ0) is 15.6. The van der Waals surface area contributed by atoms with Crippen LogP contribution in [0.5, 0.6) is 0 Å². The van der Waals surface area contributed by atoms with Gasteiger partial charge in [-0.1, -0.05) is 10.3 Å². The molecule has 1 N–H and O–H groups in total. The van der Waals surface area contributed by atoms with Crippen molar-refractivity contribution in [3.05, 3.63) is 29.7 Å². The SMILES string of the molecule is O=C(NC1CC1)c1noc(C2CCCN2CCc2cnoc2)n1. The first-order valence-corrected chi connectivity index (χ1v) is 8.06. The van der Waals surface area contributed by atoms with Crippen molar-refractivity contribution in [2.75, 3.05) is 13.1 Å². The molecule has 0 bridgehead atoms. The minimum Gasteiger partial charge on any atom is -0.364 e. The van der Waals surface area contributed by atoms with Gasteiger partial charge >= 0.3 is 0 Å². The van der Waals surface area contributed by atoms with Crippen LogP contribution in [-0.4, -0.2) is 45.2 Å². The van der Waals surface area contributed by atoms with E-state index in [1.807, 2.05) is 0 Å². The van der Waals surface area contributed by atoms with Crippen LogP contribution in [0.4, 0.5) is 0 Å². The van der Waals surface area contributed by atoms with E-state index in [9.17, 15) is 4.79 Å². The van der Waals surface area contributed by atoms with Crippen LogP contribution in [0.25, 0.3) is 0 Å². The van der Waals surface area contributed by atoms with E-state index < -0.39 is 0 Å². The van der Waals surface area contributed by atoms with E-state index in [0.29, 0.717) is 5.89 Å². The maximum Gasteiger partial charge on any atom is 0.292 e. The standard InChI is InChI=1S/C15H19N5O3/c21-14(17-11-3-4-11)13-18-15(23-19-13)12-2-1-6-20(12)7-5-10-8-16-22-9-10/h8-9,11-12H,1-7H2,(H,17,21). The van der Waals surface area contributed by atoms with Gasteiger partial charge in [-0.15, -0.1) is 0 Å². The summed E-state index contributed by atoms with van der Waals surface area (Å²) < 4.78 is 10.2. The predicted molar refractivity (Wildman–Crippen MR) is 78.5 cm³/mol. The molecule has 1 aliphatic carbocycles. The highest BCUT2D eigenvalue weighted by Gasteiger charge is 2.32. The fourth-order valence-corrected chi connectivity index (χ4v) is 2.94. The lowest BCUT2D eigenvalue weighted by Crippen LogP contribution is -2.27. The molecule has 0 spiro atoms. The van der Waals surface area contributed by atoms with E-state index >= 15 is 0 Å².